The van der Waals surface area contributed by atoms with Crippen LogP contribution in [0.2, 0.25) is 0 Å². The van der Waals surface area contributed by atoms with Gasteiger partial charge in [0.25, 0.3) is 0 Å². The molecule has 0 unspecified atom stereocenters. The molecule has 2 N–H and O–H groups in total. The van der Waals surface area contributed by atoms with E-state index in [-0.39, 0.29) is 6.61 Å². The second-order valence-electron chi connectivity index (χ2n) is 6.40. The van der Waals surface area contributed by atoms with E-state index in [1.54, 1.807) is 7.11 Å². The quantitative estimate of drug-likeness (QED) is 0.393. The number of benzene rings is 1. The van der Waals surface area contributed by atoms with E-state index in [0.717, 1.165) is 23.6 Å². The van der Waals surface area contributed by atoms with E-state index in [9.17, 15) is 0 Å². The van der Waals surface area contributed by atoms with Crippen molar-refractivity contribution in [2.24, 2.45) is 4.99 Å². The molecule has 7 heteroatoms. The van der Waals surface area contributed by atoms with Crippen LogP contribution in [0, 0.1) is 12.3 Å². The van der Waals surface area contributed by atoms with Crippen molar-refractivity contribution in [1.29, 1.82) is 0 Å². The minimum absolute atomic E-state index is 0.183. The Labute approximate surface area is 166 Å². The van der Waals surface area contributed by atoms with Crippen molar-refractivity contribution in [3.05, 3.63) is 41.3 Å². The molecule has 28 heavy (non-hydrogen) atoms. The molecule has 0 radical (unpaired) electrons. The summed E-state index contributed by atoms with van der Waals surface area (Å²) in [5.41, 5.74) is 1.92. The molecule has 0 aliphatic rings. The van der Waals surface area contributed by atoms with Crippen LogP contribution in [0.1, 0.15) is 43.7 Å². The van der Waals surface area contributed by atoms with Gasteiger partial charge in [0.2, 0.25) is 0 Å². The summed E-state index contributed by atoms with van der Waals surface area (Å²) < 4.78 is 16.2. The van der Waals surface area contributed by atoms with Crippen LogP contribution in [-0.2, 0) is 13.1 Å². The molecule has 0 bridgehead atoms. The van der Waals surface area contributed by atoms with Gasteiger partial charge in [0.05, 0.1) is 25.9 Å². The molecule has 0 fully saturated rings. The zero-order valence-corrected chi connectivity index (χ0v) is 16.9. The van der Waals surface area contributed by atoms with Gasteiger partial charge in [-0.1, -0.05) is 31.0 Å². The van der Waals surface area contributed by atoms with Gasteiger partial charge in [-0.25, -0.2) is 4.99 Å². The predicted molar refractivity (Wildman–Crippen MR) is 110 cm³/mol. The lowest BCUT2D eigenvalue weighted by Crippen LogP contribution is -2.36. The van der Waals surface area contributed by atoms with Gasteiger partial charge in [0.1, 0.15) is 6.61 Å². The topological polar surface area (TPSA) is 80.9 Å². The van der Waals surface area contributed by atoms with E-state index in [2.05, 4.69) is 40.6 Å². The van der Waals surface area contributed by atoms with Crippen LogP contribution in [0.15, 0.2) is 33.8 Å². The molecule has 1 aromatic carbocycles. The molecule has 150 valence electrons. The Bertz CT molecular complexity index is 821. The number of nitrogens with one attached hydrogen (secondary N) is 2. The Balaban J connectivity index is 2.03. The van der Waals surface area contributed by atoms with Gasteiger partial charge in [-0.05, 0) is 30.5 Å². The van der Waals surface area contributed by atoms with Gasteiger partial charge in [0, 0.05) is 12.6 Å². The maximum absolute atomic E-state index is 5.54. The fourth-order valence-corrected chi connectivity index (χ4v) is 2.42. The molecule has 2 aromatic rings. The third-order valence-corrected chi connectivity index (χ3v) is 3.90. The third kappa shape index (κ3) is 6.23. The summed E-state index contributed by atoms with van der Waals surface area (Å²) in [5, 5.41) is 10.5. The van der Waals surface area contributed by atoms with Gasteiger partial charge in [-0.2, -0.15) is 0 Å². The van der Waals surface area contributed by atoms with Gasteiger partial charge in [-0.3, -0.25) is 0 Å². The number of aliphatic imine (C=N–C) groups is 1. The van der Waals surface area contributed by atoms with E-state index in [4.69, 9.17) is 20.4 Å². The number of nitrogens with zero attached hydrogens (tertiary/aromatic N) is 2. The summed E-state index contributed by atoms with van der Waals surface area (Å²) in [4.78, 5) is 4.61. The highest BCUT2D eigenvalue weighted by Crippen LogP contribution is 2.28. The smallest absolute Gasteiger partial charge is 0.191 e. The molecule has 2 rings (SSSR count). The SMILES string of the molecule is C#CCOc1cc(CN=C(NCC)NCc2cc(C(C)C)no2)ccc1OC. The third-order valence-electron chi connectivity index (χ3n) is 3.90. The summed E-state index contributed by atoms with van der Waals surface area (Å²) >= 11 is 0. The molecule has 0 saturated heterocycles. The van der Waals surface area contributed by atoms with Crippen LogP contribution >= 0.6 is 0 Å². The minimum atomic E-state index is 0.183. The summed E-state index contributed by atoms with van der Waals surface area (Å²) in [6, 6.07) is 7.63. The lowest BCUT2D eigenvalue weighted by Gasteiger charge is -2.12. The molecule has 0 atom stereocenters. The molecule has 1 heterocycles. The molecular formula is C21H28N4O3. The van der Waals surface area contributed by atoms with Gasteiger partial charge in [-0.15, -0.1) is 6.42 Å². The Morgan fingerprint density at radius 3 is 2.75 bits per heavy atom. The Morgan fingerprint density at radius 1 is 1.29 bits per heavy atom. The average Bonchev–Trinajstić information content (AvgIpc) is 3.18. The van der Waals surface area contributed by atoms with Crippen molar-refractivity contribution in [3.8, 4) is 23.8 Å². The summed E-state index contributed by atoms with van der Waals surface area (Å²) in [5.74, 6) is 5.49. The highest BCUT2D eigenvalue weighted by molar-refractivity contribution is 5.79. The zero-order valence-electron chi connectivity index (χ0n) is 16.9. The summed E-state index contributed by atoms with van der Waals surface area (Å²) in [6.45, 7) is 8.08. The first-order valence-corrected chi connectivity index (χ1v) is 9.28. The number of terminal acetylenes is 1. The molecule has 1 aromatic heterocycles. The minimum Gasteiger partial charge on any atom is -0.493 e. The van der Waals surface area contributed by atoms with Crippen LogP contribution in [0.5, 0.6) is 11.5 Å². The van der Waals surface area contributed by atoms with Crippen molar-refractivity contribution in [3.63, 3.8) is 0 Å². The van der Waals surface area contributed by atoms with E-state index in [1.165, 1.54) is 0 Å². The summed E-state index contributed by atoms with van der Waals surface area (Å²) in [7, 11) is 1.59. The number of rotatable bonds is 9. The maximum atomic E-state index is 5.54. The Hall–Kier alpha value is -3.14. The fraction of sp³-hybridized carbons (Fsp3) is 0.429. The monoisotopic (exact) mass is 384 g/mol. The largest absolute Gasteiger partial charge is 0.493 e. The normalized spacial score (nSPS) is 11.2. The number of guanidine groups is 1. The molecule has 0 aliphatic heterocycles. The summed E-state index contributed by atoms with van der Waals surface area (Å²) in [6.07, 6.45) is 5.27. The maximum Gasteiger partial charge on any atom is 0.191 e. The van der Waals surface area contributed by atoms with Crippen LogP contribution in [0.3, 0.4) is 0 Å². The number of aromatic nitrogens is 1. The lowest BCUT2D eigenvalue weighted by molar-refractivity contribution is 0.330. The fourth-order valence-electron chi connectivity index (χ4n) is 2.42. The van der Waals surface area contributed by atoms with Crippen molar-refractivity contribution < 1.29 is 14.0 Å². The number of hydrogen-bond acceptors (Lipinski definition) is 5. The van der Waals surface area contributed by atoms with Crippen LogP contribution in [0.25, 0.3) is 0 Å². The Morgan fingerprint density at radius 2 is 2.11 bits per heavy atom. The number of methoxy groups -OCH3 is 1. The highest BCUT2D eigenvalue weighted by Gasteiger charge is 2.09. The average molecular weight is 384 g/mol. The molecule has 0 amide bonds. The van der Waals surface area contributed by atoms with E-state index >= 15 is 0 Å². The van der Waals surface area contributed by atoms with Gasteiger partial charge in [0.15, 0.2) is 23.2 Å². The standard InChI is InChI=1S/C21H28N4O3/c1-6-10-27-20-11-16(8-9-19(20)26-5)13-23-21(22-7-2)24-14-17-12-18(15(3)4)25-28-17/h1,8-9,11-12,15H,7,10,13-14H2,2-5H3,(H2,22,23,24). The highest BCUT2D eigenvalue weighted by atomic mass is 16.5. The van der Waals surface area contributed by atoms with Gasteiger partial charge < -0.3 is 24.6 Å². The van der Waals surface area contributed by atoms with E-state index < -0.39 is 0 Å². The van der Waals surface area contributed by atoms with Crippen molar-refractivity contribution in [2.45, 2.75) is 39.8 Å². The second-order valence-corrected chi connectivity index (χ2v) is 6.40. The number of hydrogen-bond donors (Lipinski definition) is 2. The van der Waals surface area contributed by atoms with E-state index in [0.29, 0.717) is 36.5 Å². The molecule has 0 saturated carbocycles. The Kier molecular flexibility index (Phi) is 8.22. The van der Waals surface area contributed by atoms with E-state index in [1.807, 2.05) is 31.2 Å². The predicted octanol–water partition coefficient (Wildman–Crippen LogP) is 3.07. The second kappa shape index (κ2) is 10.9. The van der Waals surface area contributed by atoms with Gasteiger partial charge >= 0.3 is 0 Å². The lowest BCUT2D eigenvalue weighted by atomic mass is 10.1. The number of ether oxygens (including phenoxy) is 2. The van der Waals surface area contributed by atoms with Crippen molar-refractivity contribution >= 4 is 5.96 Å². The first-order valence-electron chi connectivity index (χ1n) is 9.28. The molecule has 7 nitrogen and oxygen atoms in total. The van der Waals surface area contributed by atoms with Crippen LogP contribution < -0.4 is 20.1 Å². The van der Waals surface area contributed by atoms with Crippen molar-refractivity contribution in [1.82, 2.24) is 15.8 Å². The van der Waals surface area contributed by atoms with Crippen LogP contribution in [0.4, 0.5) is 0 Å². The molecule has 0 spiro atoms. The molecular weight excluding hydrogens is 356 g/mol. The van der Waals surface area contributed by atoms with Crippen LogP contribution in [-0.4, -0.2) is 31.4 Å². The first-order chi connectivity index (χ1) is 13.6. The zero-order chi connectivity index (χ0) is 20.4. The van der Waals surface area contributed by atoms with Crippen molar-refractivity contribution in [2.75, 3.05) is 20.3 Å². The first kappa shape index (κ1) is 21.2. The molecule has 0 aliphatic carbocycles.